The zero-order chi connectivity index (χ0) is 41.9. The normalized spacial score (nSPS) is 14.8. The number of nitrogens with zero attached hydrogens (tertiary/aromatic N) is 4. The van der Waals surface area contributed by atoms with E-state index in [0.29, 0.717) is 5.92 Å². The molecule has 12 rings (SSSR count). The molecular weight excluding hydrogens is 765 g/mol. The first-order valence-corrected chi connectivity index (χ1v) is 22.1. The molecule has 4 aromatic heterocycles. The summed E-state index contributed by atoms with van der Waals surface area (Å²) in [4.78, 5) is 10.1. The number of rotatable bonds is 7. The fraction of sp³-hybridized carbons (Fsp3) is 0.0847. The first kappa shape index (κ1) is 37.0. The Bertz CT molecular complexity index is 3340. The van der Waals surface area contributed by atoms with Gasteiger partial charge in [-0.1, -0.05) is 165 Å². The fourth-order valence-corrected chi connectivity index (χ4v) is 10.1. The molecule has 6 aromatic carbocycles. The second-order valence-electron chi connectivity index (χ2n) is 16.9. The van der Waals surface area contributed by atoms with Crippen LogP contribution < -0.4 is 0 Å². The maximum absolute atomic E-state index is 5.09. The smallest absolute Gasteiger partial charge is 0.0948 e. The molecule has 0 aliphatic heterocycles. The molecule has 0 saturated heterocycles. The van der Waals surface area contributed by atoms with E-state index >= 15 is 0 Å². The molecule has 2 aliphatic rings. The number of benzene rings is 6. The molecule has 0 radical (unpaired) electrons. The van der Waals surface area contributed by atoms with Crippen molar-refractivity contribution in [2.45, 2.75) is 26.2 Å². The molecule has 10 aromatic rings. The molecule has 0 bridgehead atoms. The average Bonchev–Trinajstić information content (AvgIpc) is 3.89. The number of pyridine rings is 2. The topological polar surface area (TPSA) is 35.6 Å². The molecule has 4 heterocycles. The molecule has 1 unspecified atom stereocenters. The second-order valence-corrected chi connectivity index (χ2v) is 16.9. The summed E-state index contributed by atoms with van der Waals surface area (Å²) in [5.74, 6) is 0.527. The number of aryl methyl sites for hydroxylation is 1. The Morgan fingerprint density at radius 1 is 0.476 bits per heavy atom. The average molecular weight is 809 g/mol. The van der Waals surface area contributed by atoms with Crippen molar-refractivity contribution >= 4 is 43.9 Å². The third-order valence-electron chi connectivity index (χ3n) is 13.1. The summed E-state index contributed by atoms with van der Waals surface area (Å²) in [6.07, 6.45) is 16.4. The molecule has 0 saturated carbocycles. The molecule has 1 atom stereocenters. The second kappa shape index (κ2) is 15.3. The lowest BCUT2D eigenvalue weighted by molar-refractivity contribution is 0.739. The number of para-hydroxylation sites is 1. The lowest BCUT2D eigenvalue weighted by Crippen LogP contribution is -2.07. The minimum atomic E-state index is 0.527. The van der Waals surface area contributed by atoms with Crippen LogP contribution >= 0.6 is 0 Å². The van der Waals surface area contributed by atoms with E-state index in [-0.39, 0.29) is 0 Å². The first-order valence-electron chi connectivity index (χ1n) is 22.1. The lowest BCUT2D eigenvalue weighted by atomic mass is 9.90. The van der Waals surface area contributed by atoms with Crippen molar-refractivity contribution in [3.8, 4) is 44.9 Å². The predicted molar refractivity (Wildman–Crippen MR) is 262 cm³/mol. The maximum Gasteiger partial charge on any atom is 0.0948 e. The van der Waals surface area contributed by atoms with Crippen LogP contribution in [0.5, 0.6) is 0 Å². The lowest BCUT2D eigenvalue weighted by Gasteiger charge is -2.20. The van der Waals surface area contributed by atoms with E-state index in [1.807, 2.05) is 12.4 Å². The van der Waals surface area contributed by atoms with Gasteiger partial charge < -0.3 is 9.13 Å². The van der Waals surface area contributed by atoms with Gasteiger partial charge in [-0.3, -0.25) is 9.97 Å². The van der Waals surface area contributed by atoms with Crippen molar-refractivity contribution < 1.29 is 0 Å². The van der Waals surface area contributed by atoms with Crippen LogP contribution in [0.1, 0.15) is 42.3 Å². The van der Waals surface area contributed by atoms with Gasteiger partial charge in [0, 0.05) is 56.6 Å². The van der Waals surface area contributed by atoms with Crippen molar-refractivity contribution in [3.63, 3.8) is 0 Å². The number of hydrogen-bond acceptors (Lipinski definition) is 2. The minimum Gasteiger partial charge on any atom is -0.307 e. The largest absolute Gasteiger partial charge is 0.307 e. The molecule has 0 N–H and O–H groups in total. The summed E-state index contributed by atoms with van der Waals surface area (Å²) in [6, 6.07) is 61.4. The van der Waals surface area contributed by atoms with E-state index in [2.05, 4.69) is 210 Å². The van der Waals surface area contributed by atoms with Crippen LogP contribution in [0.3, 0.4) is 0 Å². The van der Waals surface area contributed by atoms with Gasteiger partial charge in [-0.05, 0) is 95.0 Å². The van der Waals surface area contributed by atoms with Crippen molar-refractivity contribution in [2.24, 2.45) is 5.92 Å². The summed E-state index contributed by atoms with van der Waals surface area (Å²) >= 11 is 0. The van der Waals surface area contributed by atoms with Gasteiger partial charge in [-0.2, -0.15) is 0 Å². The molecule has 4 nitrogen and oxygen atoms in total. The summed E-state index contributed by atoms with van der Waals surface area (Å²) in [6.45, 7) is 2.27. The number of hydrogen-bond donors (Lipinski definition) is 0. The van der Waals surface area contributed by atoms with Gasteiger partial charge in [0.1, 0.15) is 0 Å². The van der Waals surface area contributed by atoms with Gasteiger partial charge in [0.25, 0.3) is 0 Å². The van der Waals surface area contributed by atoms with E-state index < -0.39 is 0 Å². The third kappa shape index (κ3) is 6.21. The van der Waals surface area contributed by atoms with Crippen molar-refractivity contribution in [1.29, 1.82) is 0 Å². The SMILES string of the molecule is CC1C=CC(c2nccc3c4c(n(-c5ccc(-c6ccc(-n7c8c(-c9ccccc9)cccc8c8ccnc(-c9ccccc9)c87)cc6)cc5)c23)C(c2ccccc2)=CCC4)=CC1. The van der Waals surface area contributed by atoms with Crippen molar-refractivity contribution in [3.05, 3.63) is 229 Å². The van der Waals surface area contributed by atoms with E-state index in [4.69, 9.17) is 9.97 Å². The highest BCUT2D eigenvalue weighted by Crippen LogP contribution is 2.44. The van der Waals surface area contributed by atoms with Gasteiger partial charge in [-0.25, -0.2) is 0 Å². The van der Waals surface area contributed by atoms with Crippen LogP contribution in [0.4, 0.5) is 0 Å². The standard InChI is InChI=1S/C59H44N4/c1-39-23-25-45(26-24-39)55-59-53(36-38-61-55)51-22-12-20-49(43-15-7-3-8-16-43)57(51)63(59)47-33-29-41(30-34-47)40-27-31-46(32-28-40)62-56-48(42-13-5-2-6-14-42)19-11-21-50(56)52-35-37-60-54(58(52)62)44-17-9-4-10-18-44/h2-11,13-21,23,25-39H,12,22,24H2,1H3. The Labute approximate surface area is 367 Å². The minimum absolute atomic E-state index is 0.527. The Hall–Kier alpha value is -7.82. The molecule has 2 aliphatic carbocycles. The fourth-order valence-electron chi connectivity index (χ4n) is 10.1. The Morgan fingerprint density at radius 2 is 1.06 bits per heavy atom. The van der Waals surface area contributed by atoms with E-state index in [1.165, 1.54) is 71.8 Å². The van der Waals surface area contributed by atoms with Gasteiger partial charge in [0.05, 0.1) is 33.6 Å². The molecule has 0 fully saturated rings. The van der Waals surface area contributed by atoms with Crippen LogP contribution in [-0.4, -0.2) is 19.1 Å². The monoisotopic (exact) mass is 808 g/mol. The predicted octanol–water partition coefficient (Wildman–Crippen LogP) is 14.9. The summed E-state index contributed by atoms with van der Waals surface area (Å²) in [5.41, 5.74) is 19.9. The number of allylic oxidation sites excluding steroid dienone is 5. The van der Waals surface area contributed by atoms with Crippen LogP contribution in [0, 0.1) is 5.92 Å². The number of aromatic nitrogens is 4. The zero-order valence-corrected chi connectivity index (χ0v) is 35.1. The zero-order valence-electron chi connectivity index (χ0n) is 35.1. The first-order chi connectivity index (χ1) is 31.2. The highest BCUT2D eigenvalue weighted by Gasteiger charge is 2.27. The molecule has 63 heavy (non-hydrogen) atoms. The quantitative estimate of drug-likeness (QED) is 0.161. The van der Waals surface area contributed by atoms with Crippen LogP contribution in [0.25, 0.3) is 88.7 Å². The highest BCUT2D eigenvalue weighted by atomic mass is 15.0. The summed E-state index contributed by atoms with van der Waals surface area (Å²) in [5, 5.41) is 3.68. The van der Waals surface area contributed by atoms with Crippen LogP contribution in [0.2, 0.25) is 0 Å². The third-order valence-corrected chi connectivity index (χ3v) is 13.1. The van der Waals surface area contributed by atoms with E-state index in [0.717, 1.165) is 58.7 Å². The highest BCUT2D eigenvalue weighted by molar-refractivity contribution is 6.16. The summed E-state index contributed by atoms with van der Waals surface area (Å²) in [7, 11) is 0. The van der Waals surface area contributed by atoms with Crippen LogP contribution in [0.15, 0.2) is 207 Å². The number of fused-ring (bicyclic) bond motifs is 6. The van der Waals surface area contributed by atoms with Gasteiger partial charge >= 0.3 is 0 Å². The van der Waals surface area contributed by atoms with Crippen molar-refractivity contribution in [1.82, 2.24) is 19.1 Å². The Kier molecular flexibility index (Phi) is 8.96. The van der Waals surface area contributed by atoms with E-state index in [1.54, 1.807) is 0 Å². The van der Waals surface area contributed by atoms with Gasteiger partial charge in [-0.15, -0.1) is 0 Å². The summed E-state index contributed by atoms with van der Waals surface area (Å²) < 4.78 is 4.92. The molecular formula is C59H44N4. The Balaban J connectivity index is 0.998. The molecule has 0 amide bonds. The van der Waals surface area contributed by atoms with Crippen LogP contribution in [-0.2, 0) is 6.42 Å². The molecule has 300 valence electrons. The van der Waals surface area contributed by atoms with E-state index in [9.17, 15) is 0 Å². The maximum atomic E-state index is 5.09. The van der Waals surface area contributed by atoms with Gasteiger partial charge in [0.15, 0.2) is 0 Å². The Morgan fingerprint density at radius 3 is 1.73 bits per heavy atom. The molecule has 4 heteroatoms. The van der Waals surface area contributed by atoms with Crippen molar-refractivity contribution in [2.75, 3.05) is 0 Å². The molecule has 0 spiro atoms. The van der Waals surface area contributed by atoms with Gasteiger partial charge in [0.2, 0.25) is 0 Å².